The minimum Gasteiger partial charge on any atom is -0.394 e. The van der Waals surface area contributed by atoms with Gasteiger partial charge in [-0.3, -0.25) is 9.80 Å². The number of hydrogen-bond acceptors (Lipinski definition) is 8. The van der Waals surface area contributed by atoms with Gasteiger partial charge in [0.05, 0.1) is 24.6 Å². The van der Waals surface area contributed by atoms with Crippen molar-refractivity contribution in [1.29, 1.82) is 0 Å². The molecule has 1 atom stereocenters. The second-order valence-electron chi connectivity index (χ2n) is 7.85. The van der Waals surface area contributed by atoms with Crippen LogP contribution in [0.3, 0.4) is 0 Å². The average Bonchev–Trinajstić information content (AvgIpc) is 3.19. The fourth-order valence-corrected chi connectivity index (χ4v) is 4.36. The van der Waals surface area contributed by atoms with Crippen LogP contribution >= 0.6 is 11.9 Å². The normalized spacial score (nSPS) is 15.1. The highest BCUT2D eigenvalue weighted by Gasteiger charge is 2.29. The molecule has 190 valence electrons. The molecule has 2 aromatic rings. The van der Waals surface area contributed by atoms with E-state index in [0.29, 0.717) is 11.1 Å². The molecule has 6 N–H and O–H groups in total. The summed E-state index contributed by atoms with van der Waals surface area (Å²) >= 11 is 1.03. The number of benzene rings is 1. The van der Waals surface area contributed by atoms with Crippen LogP contribution in [0.4, 0.5) is 23.4 Å². The summed E-state index contributed by atoms with van der Waals surface area (Å²) < 4.78 is 53.5. The van der Waals surface area contributed by atoms with E-state index in [1.54, 1.807) is 23.4 Å². The van der Waals surface area contributed by atoms with E-state index < -0.39 is 30.4 Å². The van der Waals surface area contributed by atoms with E-state index in [-0.39, 0.29) is 48.4 Å². The number of nitrogens with zero attached hydrogens (tertiary/aromatic N) is 4. The van der Waals surface area contributed by atoms with Crippen LogP contribution in [-0.4, -0.2) is 55.7 Å². The highest BCUT2D eigenvalue weighted by Crippen LogP contribution is 2.32. The number of aromatic nitrogens is 1. The number of nitrogens with two attached hydrogens (primary N) is 2. The number of nitrogens with one attached hydrogen (secondary N) is 1. The van der Waals surface area contributed by atoms with Gasteiger partial charge >= 0.3 is 6.18 Å². The molecule has 1 aliphatic rings. The highest BCUT2D eigenvalue weighted by atomic mass is 32.2. The van der Waals surface area contributed by atoms with E-state index in [4.69, 9.17) is 11.7 Å². The summed E-state index contributed by atoms with van der Waals surface area (Å²) in [5, 5.41) is 16.6. The molecular weight excluding hydrogens is 490 g/mol. The Morgan fingerprint density at radius 2 is 2.03 bits per heavy atom. The van der Waals surface area contributed by atoms with Gasteiger partial charge in [-0.1, -0.05) is 18.0 Å². The first-order chi connectivity index (χ1) is 16.5. The molecule has 0 aliphatic carbocycles. The Morgan fingerprint density at radius 3 is 2.66 bits per heavy atom. The molecule has 0 saturated carbocycles. The molecule has 2 heterocycles. The van der Waals surface area contributed by atoms with Crippen molar-refractivity contribution < 1.29 is 27.5 Å². The smallest absolute Gasteiger partial charge is 0.389 e. The number of rotatable bonds is 8. The maximum Gasteiger partial charge on any atom is 0.389 e. The number of aliphatic hydroxyl groups excluding tert-OH is 1. The summed E-state index contributed by atoms with van der Waals surface area (Å²) in [5.74, 6) is 9.84. The van der Waals surface area contributed by atoms with Crippen molar-refractivity contribution in [3.63, 3.8) is 0 Å². The Bertz CT molecular complexity index is 1100. The molecule has 9 nitrogen and oxygen atoms in total. The number of hydrogen-bond donors (Lipinski definition) is 4. The molecule has 0 bridgehead atoms. The molecule has 35 heavy (non-hydrogen) atoms. The summed E-state index contributed by atoms with van der Waals surface area (Å²) in [6.45, 7) is 1.95. The lowest BCUT2D eigenvalue weighted by Gasteiger charge is -2.25. The summed E-state index contributed by atoms with van der Waals surface area (Å²) in [6, 6.07) is 6.70. The van der Waals surface area contributed by atoms with E-state index in [0.717, 1.165) is 17.0 Å². The minimum atomic E-state index is -4.24. The largest absolute Gasteiger partial charge is 0.394 e. The van der Waals surface area contributed by atoms with Crippen LogP contribution < -0.4 is 17.0 Å². The van der Waals surface area contributed by atoms with Crippen LogP contribution in [0.25, 0.3) is 0 Å². The fourth-order valence-electron chi connectivity index (χ4n) is 3.32. The molecule has 1 unspecified atom stereocenters. The zero-order valence-electron chi connectivity index (χ0n) is 18.7. The number of hydrazine groups is 1. The molecule has 14 heteroatoms. The van der Waals surface area contributed by atoms with Crippen molar-refractivity contribution in [3.8, 4) is 0 Å². The monoisotopic (exact) mass is 515 g/mol. The maximum absolute atomic E-state index is 14.7. The molecule has 0 spiro atoms. The molecule has 0 radical (unpaired) electrons. The van der Waals surface area contributed by atoms with Gasteiger partial charge in [0.1, 0.15) is 17.3 Å². The Balaban J connectivity index is 1.71. The van der Waals surface area contributed by atoms with E-state index >= 15 is 0 Å². The van der Waals surface area contributed by atoms with E-state index in [1.165, 1.54) is 18.2 Å². The number of amidine groups is 1. The van der Waals surface area contributed by atoms with Gasteiger partial charge < -0.3 is 16.3 Å². The number of aliphatic hydroxyl groups is 1. The zero-order chi connectivity index (χ0) is 25.8. The van der Waals surface area contributed by atoms with Gasteiger partial charge in [0.15, 0.2) is 5.84 Å². The summed E-state index contributed by atoms with van der Waals surface area (Å²) in [7, 11) is 0. The van der Waals surface area contributed by atoms with Gasteiger partial charge in [-0.2, -0.15) is 18.3 Å². The lowest BCUT2D eigenvalue weighted by Crippen LogP contribution is -2.47. The molecule has 0 saturated heterocycles. The predicted octanol–water partition coefficient (Wildman–Crippen LogP) is 2.57. The lowest BCUT2D eigenvalue weighted by atomic mass is 10.1. The van der Waals surface area contributed by atoms with Crippen molar-refractivity contribution in [2.75, 3.05) is 17.7 Å². The van der Waals surface area contributed by atoms with Crippen LogP contribution in [0, 0.1) is 5.82 Å². The molecule has 3 rings (SSSR count). The number of hydrazone groups is 1. The molecular formula is C21H25F4N7O2S. The number of alkyl halides is 3. The minimum absolute atomic E-state index is 0.0643. The van der Waals surface area contributed by atoms with E-state index in [2.05, 4.69) is 15.4 Å². The number of halogens is 4. The highest BCUT2D eigenvalue weighted by molar-refractivity contribution is 7.96. The Kier molecular flexibility index (Phi) is 8.53. The number of carbonyl (C=O) groups is 1. The Morgan fingerprint density at radius 1 is 1.34 bits per heavy atom. The number of pyridine rings is 1. The first-order valence-corrected chi connectivity index (χ1v) is 11.4. The third kappa shape index (κ3) is 6.81. The first-order valence-electron chi connectivity index (χ1n) is 10.5. The van der Waals surface area contributed by atoms with Gasteiger partial charge in [0.2, 0.25) is 0 Å². The van der Waals surface area contributed by atoms with Crippen LogP contribution in [0.5, 0.6) is 0 Å². The Labute approximate surface area is 203 Å². The van der Waals surface area contributed by atoms with E-state index in [1.807, 2.05) is 0 Å². The lowest BCUT2D eigenvalue weighted by molar-refractivity contribution is -0.129. The van der Waals surface area contributed by atoms with Gasteiger partial charge in [-0.15, -0.1) is 0 Å². The second-order valence-corrected chi connectivity index (χ2v) is 9.03. The number of fused-ring (bicyclic) bond motifs is 1. The van der Waals surface area contributed by atoms with Crippen LogP contribution in [0.1, 0.15) is 40.5 Å². The molecule has 1 aliphatic heterocycles. The zero-order valence-corrected chi connectivity index (χ0v) is 19.5. The van der Waals surface area contributed by atoms with Gasteiger partial charge in [-0.05, 0) is 42.3 Å². The molecule has 1 aromatic carbocycles. The number of amides is 1. The third-order valence-electron chi connectivity index (χ3n) is 5.21. The van der Waals surface area contributed by atoms with Gasteiger partial charge in [0, 0.05) is 18.8 Å². The third-order valence-corrected chi connectivity index (χ3v) is 6.22. The van der Waals surface area contributed by atoms with Crippen molar-refractivity contribution in [2.45, 2.75) is 38.7 Å². The quantitative estimate of drug-likeness (QED) is 0.105. The standard InChI is InChI=1S/C21H25F4N7O2S/c1-12(11-33)32(27)19(30-26)17-3-2-4-18(28-17)29-20(34)15-7-13-9-31(10-14(13)8-16(15)22)35-6-5-21(23,24)25/h2-4,7-8,12,33H,5-6,9-11,26-27H2,1H3,(H,28,29,34)/b30-19-. The van der Waals surface area contributed by atoms with Crippen molar-refractivity contribution in [3.05, 3.63) is 58.5 Å². The second kappa shape index (κ2) is 11.2. The number of anilines is 1. The summed E-state index contributed by atoms with van der Waals surface area (Å²) in [6.07, 6.45) is -5.16. The summed E-state index contributed by atoms with van der Waals surface area (Å²) in [5.41, 5.74) is 1.27. The van der Waals surface area contributed by atoms with Gasteiger partial charge in [0.25, 0.3) is 5.91 Å². The summed E-state index contributed by atoms with van der Waals surface area (Å²) in [4.78, 5) is 17.0. The van der Waals surface area contributed by atoms with Crippen LogP contribution in [0.15, 0.2) is 35.4 Å². The molecule has 1 aromatic heterocycles. The van der Waals surface area contributed by atoms with Crippen LogP contribution in [-0.2, 0) is 13.1 Å². The topological polar surface area (TPSA) is 133 Å². The van der Waals surface area contributed by atoms with Crippen molar-refractivity contribution in [1.82, 2.24) is 14.3 Å². The average molecular weight is 516 g/mol. The predicted molar refractivity (Wildman–Crippen MR) is 124 cm³/mol. The number of carbonyl (C=O) groups excluding carboxylic acids is 1. The van der Waals surface area contributed by atoms with Crippen molar-refractivity contribution >= 4 is 29.5 Å². The molecule has 1 amide bonds. The van der Waals surface area contributed by atoms with Gasteiger partial charge in [-0.25, -0.2) is 19.5 Å². The fraction of sp³-hybridized carbons (Fsp3) is 0.381. The first kappa shape index (κ1) is 26.7. The maximum atomic E-state index is 14.7. The SMILES string of the molecule is CC(CO)N(N)/C(=N\N)c1cccc(NC(=O)c2cc3c(cc2F)CN(SCCC(F)(F)F)C3)n1. The Hall–Kier alpha value is -2.94. The van der Waals surface area contributed by atoms with Crippen molar-refractivity contribution in [2.24, 2.45) is 16.8 Å². The van der Waals surface area contributed by atoms with Crippen LogP contribution in [0.2, 0.25) is 0 Å². The molecule has 0 fully saturated rings. The van der Waals surface area contributed by atoms with E-state index in [9.17, 15) is 27.5 Å².